The van der Waals surface area contributed by atoms with Crippen LogP contribution in [0, 0.1) is 0 Å². The van der Waals surface area contributed by atoms with Crippen LogP contribution in [-0.4, -0.2) is 20.0 Å². The molecule has 0 saturated heterocycles. The van der Waals surface area contributed by atoms with Gasteiger partial charge in [0.15, 0.2) is 5.78 Å². The number of unbranched alkanes of at least 4 members (excludes halogenated alkanes) is 3. The molecule has 1 aromatic rings. The van der Waals surface area contributed by atoms with Crippen LogP contribution in [0.4, 0.5) is 0 Å². The number of hydrogen-bond acceptors (Lipinski definition) is 3. The van der Waals surface area contributed by atoms with Crippen molar-refractivity contribution >= 4 is 11.9 Å². The summed E-state index contributed by atoms with van der Waals surface area (Å²) in [4.78, 5) is 11.8. The number of rotatable bonds is 9. The number of allylic oxidation sites excluding steroid dienone is 1. The zero-order valence-corrected chi connectivity index (χ0v) is 12.6. The quantitative estimate of drug-likeness (QED) is 0.499. The van der Waals surface area contributed by atoms with Gasteiger partial charge in [-0.1, -0.05) is 26.2 Å². The van der Waals surface area contributed by atoms with E-state index < -0.39 is 0 Å². The van der Waals surface area contributed by atoms with E-state index in [1.807, 2.05) is 18.2 Å². The number of methoxy groups -OCH3 is 2. The molecule has 110 valence electrons. The number of ether oxygens (including phenoxy) is 2. The van der Waals surface area contributed by atoms with Crippen LogP contribution in [-0.2, 0) is 4.79 Å². The van der Waals surface area contributed by atoms with E-state index in [1.54, 1.807) is 26.4 Å². The number of carbonyl (C=O) groups excluding carboxylic acids is 1. The highest BCUT2D eigenvalue weighted by atomic mass is 16.5. The molecule has 0 atom stereocenters. The predicted octanol–water partition coefficient (Wildman–Crippen LogP) is 4.26. The number of hydrogen-bond donors (Lipinski definition) is 0. The van der Waals surface area contributed by atoms with Crippen LogP contribution in [0.2, 0.25) is 0 Å². The lowest BCUT2D eigenvalue weighted by molar-refractivity contribution is -0.114. The van der Waals surface area contributed by atoms with Gasteiger partial charge in [-0.15, -0.1) is 0 Å². The van der Waals surface area contributed by atoms with E-state index in [0.717, 1.165) is 29.9 Å². The van der Waals surface area contributed by atoms with E-state index >= 15 is 0 Å². The lowest BCUT2D eigenvalue weighted by Crippen LogP contribution is -1.93. The number of benzene rings is 1. The fourth-order valence-corrected chi connectivity index (χ4v) is 1.96. The second-order valence-corrected chi connectivity index (χ2v) is 4.72. The van der Waals surface area contributed by atoms with Gasteiger partial charge >= 0.3 is 0 Å². The minimum absolute atomic E-state index is 0.158. The van der Waals surface area contributed by atoms with Gasteiger partial charge in [0.05, 0.1) is 14.2 Å². The lowest BCUT2D eigenvalue weighted by Gasteiger charge is -2.07. The van der Waals surface area contributed by atoms with E-state index in [-0.39, 0.29) is 5.78 Å². The van der Waals surface area contributed by atoms with Crippen molar-refractivity contribution in [3.05, 3.63) is 29.8 Å². The molecule has 0 amide bonds. The van der Waals surface area contributed by atoms with Gasteiger partial charge in [-0.3, -0.25) is 4.79 Å². The summed E-state index contributed by atoms with van der Waals surface area (Å²) in [5.74, 6) is 1.65. The van der Waals surface area contributed by atoms with Gasteiger partial charge in [-0.05, 0) is 36.8 Å². The van der Waals surface area contributed by atoms with Gasteiger partial charge in [0.25, 0.3) is 0 Å². The van der Waals surface area contributed by atoms with Crippen LogP contribution in [0.15, 0.2) is 24.3 Å². The first-order valence-corrected chi connectivity index (χ1v) is 7.14. The zero-order valence-electron chi connectivity index (χ0n) is 12.6. The van der Waals surface area contributed by atoms with E-state index in [0.29, 0.717) is 6.42 Å². The number of ketones is 1. The van der Waals surface area contributed by atoms with E-state index in [4.69, 9.17) is 9.47 Å². The summed E-state index contributed by atoms with van der Waals surface area (Å²) < 4.78 is 10.5. The average Bonchev–Trinajstić information content (AvgIpc) is 2.49. The van der Waals surface area contributed by atoms with Crippen molar-refractivity contribution < 1.29 is 14.3 Å². The van der Waals surface area contributed by atoms with Crippen LogP contribution >= 0.6 is 0 Å². The van der Waals surface area contributed by atoms with Crippen LogP contribution in [0.3, 0.4) is 0 Å². The van der Waals surface area contributed by atoms with E-state index in [9.17, 15) is 4.79 Å². The molecule has 0 unspecified atom stereocenters. The minimum Gasteiger partial charge on any atom is -0.497 e. The summed E-state index contributed by atoms with van der Waals surface area (Å²) in [6.45, 7) is 2.16. The molecule has 0 bridgehead atoms. The average molecular weight is 276 g/mol. The monoisotopic (exact) mass is 276 g/mol. The Hall–Kier alpha value is -1.77. The molecule has 20 heavy (non-hydrogen) atoms. The third kappa shape index (κ3) is 5.47. The van der Waals surface area contributed by atoms with E-state index in [1.165, 1.54) is 12.8 Å². The SMILES string of the molecule is CCCCCCC(=O)/C=C\c1cc(OC)ccc1OC. The normalized spacial score (nSPS) is 10.8. The zero-order chi connectivity index (χ0) is 14.8. The van der Waals surface area contributed by atoms with Crippen LogP contribution in [0.25, 0.3) is 6.08 Å². The molecule has 0 fully saturated rings. The molecule has 0 spiro atoms. The first-order chi connectivity index (χ1) is 9.71. The van der Waals surface area contributed by atoms with Crippen molar-refractivity contribution in [1.82, 2.24) is 0 Å². The molecule has 0 heterocycles. The summed E-state index contributed by atoms with van der Waals surface area (Å²) in [7, 11) is 3.24. The second-order valence-electron chi connectivity index (χ2n) is 4.72. The third-order valence-electron chi connectivity index (χ3n) is 3.16. The van der Waals surface area contributed by atoms with Crippen molar-refractivity contribution in [2.75, 3.05) is 14.2 Å². The molecule has 3 nitrogen and oxygen atoms in total. The Morgan fingerprint density at radius 2 is 1.95 bits per heavy atom. The van der Waals surface area contributed by atoms with Crippen molar-refractivity contribution in [3.8, 4) is 11.5 Å². The van der Waals surface area contributed by atoms with Crippen molar-refractivity contribution in [2.24, 2.45) is 0 Å². The Morgan fingerprint density at radius 3 is 2.60 bits per heavy atom. The standard InChI is InChI=1S/C17H24O3/c1-4-5-6-7-8-15(18)10-9-14-13-16(19-2)11-12-17(14)20-3/h9-13H,4-8H2,1-3H3/b10-9-. The third-order valence-corrected chi connectivity index (χ3v) is 3.16. The first-order valence-electron chi connectivity index (χ1n) is 7.14. The maximum atomic E-state index is 11.8. The summed E-state index contributed by atoms with van der Waals surface area (Å²) in [5, 5.41) is 0. The van der Waals surface area contributed by atoms with Crippen molar-refractivity contribution in [1.29, 1.82) is 0 Å². The lowest BCUT2D eigenvalue weighted by atomic mass is 10.1. The molecular formula is C17H24O3. The highest BCUT2D eigenvalue weighted by molar-refractivity contribution is 5.93. The minimum atomic E-state index is 0.158. The molecule has 1 rings (SSSR count). The van der Waals surface area contributed by atoms with Gasteiger partial charge in [0, 0.05) is 12.0 Å². The summed E-state index contributed by atoms with van der Waals surface area (Å²) in [6, 6.07) is 5.53. The van der Waals surface area contributed by atoms with E-state index in [2.05, 4.69) is 6.92 Å². The number of carbonyl (C=O) groups is 1. The molecule has 0 saturated carbocycles. The Kier molecular flexibility index (Phi) is 7.48. The Morgan fingerprint density at radius 1 is 1.15 bits per heavy atom. The smallest absolute Gasteiger partial charge is 0.155 e. The van der Waals surface area contributed by atoms with Crippen molar-refractivity contribution in [3.63, 3.8) is 0 Å². The van der Waals surface area contributed by atoms with Crippen LogP contribution < -0.4 is 9.47 Å². The molecule has 0 N–H and O–H groups in total. The fraction of sp³-hybridized carbons (Fsp3) is 0.471. The molecule has 0 aliphatic carbocycles. The summed E-state index contributed by atoms with van der Waals surface area (Å²) in [6.07, 6.45) is 8.51. The molecule has 0 aliphatic heterocycles. The summed E-state index contributed by atoms with van der Waals surface area (Å²) >= 11 is 0. The van der Waals surface area contributed by atoms with Crippen molar-refractivity contribution in [2.45, 2.75) is 39.0 Å². The molecule has 0 aliphatic rings. The van der Waals surface area contributed by atoms with Gasteiger partial charge < -0.3 is 9.47 Å². The molecule has 0 radical (unpaired) electrons. The Labute approximate surface area is 121 Å². The first kappa shape index (κ1) is 16.3. The second kappa shape index (κ2) is 9.18. The predicted molar refractivity (Wildman–Crippen MR) is 82.3 cm³/mol. The van der Waals surface area contributed by atoms with Gasteiger partial charge in [0.1, 0.15) is 11.5 Å². The Balaban J connectivity index is 2.61. The van der Waals surface area contributed by atoms with Gasteiger partial charge in [-0.2, -0.15) is 0 Å². The van der Waals surface area contributed by atoms with Crippen LogP contribution in [0.1, 0.15) is 44.6 Å². The molecular weight excluding hydrogens is 252 g/mol. The molecule has 0 aromatic heterocycles. The highest BCUT2D eigenvalue weighted by Gasteiger charge is 2.03. The largest absolute Gasteiger partial charge is 0.497 e. The maximum absolute atomic E-state index is 11.8. The van der Waals surface area contributed by atoms with Gasteiger partial charge in [0.2, 0.25) is 0 Å². The maximum Gasteiger partial charge on any atom is 0.155 e. The van der Waals surface area contributed by atoms with Gasteiger partial charge in [-0.25, -0.2) is 0 Å². The van der Waals surface area contributed by atoms with Crippen LogP contribution in [0.5, 0.6) is 11.5 Å². The fourth-order valence-electron chi connectivity index (χ4n) is 1.96. The Bertz CT molecular complexity index is 450. The highest BCUT2D eigenvalue weighted by Crippen LogP contribution is 2.25. The molecule has 3 heteroatoms. The topological polar surface area (TPSA) is 35.5 Å². The molecule has 1 aromatic carbocycles. The summed E-state index contributed by atoms with van der Waals surface area (Å²) in [5.41, 5.74) is 0.855.